The molecule has 0 saturated heterocycles. The number of benzene rings is 2. The number of nitrogens with two attached hydrogens (primary N) is 1. The van der Waals surface area contributed by atoms with Crippen LogP contribution in [0.1, 0.15) is 32.6 Å². The summed E-state index contributed by atoms with van der Waals surface area (Å²) in [5.74, 6) is -1.42. The van der Waals surface area contributed by atoms with E-state index in [1.807, 2.05) is 0 Å². The van der Waals surface area contributed by atoms with E-state index in [0.717, 1.165) is 18.4 Å². The molecule has 0 amide bonds. The molecule has 0 aliphatic carbocycles. The molecule has 1 aromatic heterocycles. The first-order chi connectivity index (χ1) is 15.8. The summed E-state index contributed by atoms with van der Waals surface area (Å²) in [6.07, 6.45) is 0.921. The average Bonchev–Trinajstić information content (AvgIpc) is 2.75. The average molecular weight is 509 g/mol. The topological polar surface area (TPSA) is 118 Å². The largest absolute Gasteiger partial charge is 0.468 e. The highest BCUT2D eigenvalue weighted by Crippen LogP contribution is 2.34. The lowest BCUT2D eigenvalue weighted by atomic mass is 10.1. The van der Waals surface area contributed by atoms with Crippen LogP contribution in [0.25, 0.3) is 5.69 Å². The van der Waals surface area contributed by atoms with Crippen LogP contribution in [0.3, 0.4) is 0 Å². The zero-order chi connectivity index (χ0) is 25.4. The lowest BCUT2D eigenvalue weighted by Crippen LogP contribution is -2.25. The van der Waals surface area contributed by atoms with E-state index < -0.39 is 32.6 Å². The van der Waals surface area contributed by atoms with E-state index in [-0.39, 0.29) is 27.6 Å². The van der Waals surface area contributed by atoms with Crippen molar-refractivity contribution in [3.05, 3.63) is 86.0 Å². The highest BCUT2D eigenvalue weighted by atomic mass is 35.5. The Morgan fingerprint density at radius 2 is 1.82 bits per heavy atom. The van der Waals surface area contributed by atoms with Crippen molar-refractivity contribution in [3.8, 4) is 11.4 Å². The van der Waals surface area contributed by atoms with Gasteiger partial charge in [0.2, 0.25) is 5.44 Å². The molecule has 0 saturated carbocycles. The number of anilines is 1. The molecule has 1 unspecified atom stereocenters. The number of hydrogen-bond acceptors (Lipinski definition) is 7. The molecule has 3 rings (SSSR count). The van der Waals surface area contributed by atoms with Crippen molar-refractivity contribution in [1.29, 1.82) is 0 Å². The van der Waals surface area contributed by atoms with Crippen molar-refractivity contribution in [3.63, 3.8) is 0 Å². The number of carbonyl (C=O) groups is 1. The Morgan fingerprint density at radius 1 is 1.15 bits per heavy atom. The Balaban J connectivity index is 2.15. The summed E-state index contributed by atoms with van der Waals surface area (Å²) in [5, 5.41) is -0.386. The fraction of sp³-hybridized carbons (Fsp3) is 0.217. The summed E-state index contributed by atoms with van der Waals surface area (Å²) in [7, 11) is -2.68. The monoisotopic (exact) mass is 508 g/mol. The Labute approximate surface area is 200 Å². The van der Waals surface area contributed by atoms with Crippen molar-refractivity contribution in [2.24, 2.45) is 0 Å². The number of halogens is 2. The molecule has 1 atom stereocenters. The van der Waals surface area contributed by atoms with Gasteiger partial charge in [-0.2, -0.15) is 0 Å². The Hall–Kier alpha value is -3.37. The van der Waals surface area contributed by atoms with Gasteiger partial charge in [0.05, 0.1) is 18.4 Å². The highest BCUT2D eigenvalue weighted by molar-refractivity contribution is 7.90. The maximum Gasteiger partial charge on any atom is 0.337 e. The van der Waals surface area contributed by atoms with Crippen molar-refractivity contribution in [1.82, 2.24) is 4.57 Å². The number of nitrogen functional groups attached to an aromatic ring is 1. The number of aryl methyl sites for hydroxylation is 2. The molecule has 180 valence electrons. The number of esters is 1. The van der Waals surface area contributed by atoms with Crippen LogP contribution in [0.5, 0.6) is 5.75 Å². The van der Waals surface area contributed by atoms with E-state index in [4.69, 9.17) is 26.8 Å². The van der Waals surface area contributed by atoms with Crippen LogP contribution in [0.4, 0.5) is 10.1 Å². The second-order valence-electron chi connectivity index (χ2n) is 7.65. The van der Waals surface area contributed by atoms with Gasteiger partial charge in [-0.25, -0.2) is 17.6 Å². The smallest absolute Gasteiger partial charge is 0.337 e. The number of rotatable bonds is 6. The van der Waals surface area contributed by atoms with Crippen LogP contribution < -0.4 is 16.0 Å². The number of ether oxygens (including phenoxy) is 2. The highest BCUT2D eigenvalue weighted by Gasteiger charge is 2.29. The molecule has 34 heavy (non-hydrogen) atoms. The van der Waals surface area contributed by atoms with Gasteiger partial charge in [-0.05, 0) is 49.7 Å². The minimum atomic E-state index is -3.92. The molecule has 3 aromatic rings. The second-order valence-corrected chi connectivity index (χ2v) is 10.1. The van der Waals surface area contributed by atoms with E-state index in [1.54, 1.807) is 26.0 Å². The van der Waals surface area contributed by atoms with E-state index in [2.05, 4.69) is 0 Å². The molecule has 8 nitrogen and oxygen atoms in total. The molecule has 0 spiro atoms. The molecule has 0 fully saturated rings. The van der Waals surface area contributed by atoms with Gasteiger partial charge in [-0.15, -0.1) is 0 Å². The summed E-state index contributed by atoms with van der Waals surface area (Å²) in [6, 6.07) is 9.32. The third-order valence-electron chi connectivity index (χ3n) is 5.10. The van der Waals surface area contributed by atoms with Crippen molar-refractivity contribution >= 4 is 33.1 Å². The number of aromatic nitrogens is 1. The molecule has 0 aliphatic rings. The quantitative estimate of drug-likeness (QED) is 0.398. The molecular formula is C23H22ClFN2O6S. The summed E-state index contributed by atoms with van der Waals surface area (Å²) in [5.41, 5.74) is 5.01. The zero-order valence-electron chi connectivity index (χ0n) is 18.8. The van der Waals surface area contributed by atoms with Gasteiger partial charge < -0.3 is 15.2 Å². The fourth-order valence-corrected chi connectivity index (χ4v) is 4.56. The van der Waals surface area contributed by atoms with Crippen molar-refractivity contribution in [2.45, 2.75) is 19.3 Å². The van der Waals surface area contributed by atoms with Gasteiger partial charge in [-0.1, -0.05) is 17.7 Å². The predicted molar refractivity (Wildman–Crippen MR) is 127 cm³/mol. The van der Waals surface area contributed by atoms with Gasteiger partial charge in [0, 0.05) is 29.3 Å². The standard InChI is InChI=1S/C23H22ClFN2O6S/c1-12-5-6-14(22(29)32-3)10-18(12)27-13(2)9-19(20(24)21(27)28)33-23(34(4,30)31)16-8-7-15(25)11-17(16)26/h5-11,23H,26H2,1-4H3. The molecule has 0 aliphatic heterocycles. The molecule has 2 aromatic carbocycles. The van der Waals surface area contributed by atoms with Crippen LogP contribution >= 0.6 is 11.6 Å². The van der Waals surface area contributed by atoms with Gasteiger partial charge in [0.25, 0.3) is 5.56 Å². The number of nitrogens with zero attached hydrogens (tertiary/aromatic N) is 1. The lowest BCUT2D eigenvalue weighted by Gasteiger charge is -2.22. The number of hydrogen-bond donors (Lipinski definition) is 1. The third-order valence-corrected chi connectivity index (χ3v) is 6.57. The lowest BCUT2D eigenvalue weighted by molar-refractivity contribution is 0.0600. The molecule has 1 heterocycles. The maximum atomic E-state index is 13.5. The summed E-state index contributed by atoms with van der Waals surface area (Å²) < 4.78 is 50.1. The van der Waals surface area contributed by atoms with Gasteiger partial charge >= 0.3 is 5.97 Å². The maximum absolute atomic E-state index is 13.5. The number of methoxy groups -OCH3 is 1. The van der Waals surface area contributed by atoms with Crippen LogP contribution in [0.2, 0.25) is 5.02 Å². The van der Waals surface area contributed by atoms with E-state index >= 15 is 0 Å². The molecule has 2 N–H and O–H groups in total. The van der Waals surface area contributed by atoms with E-state index in [9.17, 15) is 22.4 Å². The number of pyridine rings is 1. The molecule has 0 radical (unpaired) electrons. The minimum Gasteiger partial charge on any atom is -0.468 e. The SMILES string of the molecule is COC(=O)c1ccc(C)c(-n2c(C)cc(OC(c3ccc(F)cc3N)S(C)(=O)=O)c(Cl)c2=O)c1. The van der Waals surface area contributed by atoms with Crippen LogP contribution in [0.15, 0.2) is 47.3 Å². The zero-order valence-corrected chi connectivity index (χ0v) is 20.3. The van der Waals surface area contributed by atoms with Crippen LogP contribution in [-0.4, -0.2) is 32.3 Å². The van der Waals surface area contributed by atoms with E-state index in [1.165, 1.54) is 29.9 Å². The predicted octanol–water partition coefficient (Wildman–Crippen LogP) is 3.74. The Kier molecular flexibility index (Phi) is 7.04. The number of carbonyl (C=O) groups excluding carboxylic acids is 1. The Morgan fingerprint density at radius 3 is 2.41 bits per heavy atom. The Bertz CT molecular complexity index is 1450. The first-order valence-electron chi connectivity index (χ1n) is 9.87. The number of sulfone groups is 1. The second kappa shape index (κ2) is 9.47. The van der Waals surface area contributed by atoms with Gasteiger partial charge in [0.15, 0.2) is 9.84 Å². The molecular weight excluding hydrogens is 487 g/mol. The third kappa shape index (κ3) is 4.92. The summed E-state index contributed by atoms with van der Waals surface area (Å²) in [4.78, 5) is 25.2. The first kappa shape index (κ1) is 25.3. The van der Waals surface area contributed by atoms with Gasteiger partial charge in [0.1, 0.15) is 16.6 Å². The van der Waals surface area contributed by atoms with Crippen molar-refractivity contribution in [2.75, 3.05) is 19.1 Å². The first-order valence-corrected chi connectivity index (χ1v) is 12.2. The van der Waals surface area contributed by atoms with Gasteiger partial charge in [-0.3, -0.25) is 9.36 Å². The van der Waals surface area contributed by atoms with Crippen LogP contribution in [-0.2, 0) is 14.6 Å². The fourth-order valence-electron chi connectivity index (χ4n) is 3.42. The van der Waals surface area contributed by atoms with Crippen molar-refractivity contribution < 1.29 is 27.1 Å². The normalized spacial score (nSPS) is 12.3. The van der Waals surface area contributed by atoms with E-state index in [0.29, 0.717) is 16.9 Å². The minimum absolute atomic E-state index is 0.00317. The summed E-state index contributed by atoms with van der Waals surface area (Å²) >= 11 is 6.31. The van der Waals surface area contributed by atoms with Crippen LogP contribution in [0, 0.1) is 19.7 Å². The molecule has 11 heteroatoms. The summed E-state index contributed by atoms with van der Waals surface area (Å²) in [6.45, 7) is 3.34. The molecule has 0 bridgehead atoms.